The molecule has 0 amide bonds. The molecule has 1 aromatic carbocycles. The van der Waals surface area contributed by atoms with Crippen LogP contribution in [0.5, 0.6) is 5.75 Å². The van der Waals surface area contributed by atoms with E-state index in [0.29, 0.717) is 18.5 Å². The van der Waals surface area contributed by atoms with Crippen LogP contribution in [0.15, 0.2) is 24.3 Å². The highest BCUT2D eigenvalue weighted by molar-refractivity contribution is 7.49. The number of β-amino-alcohol motifs (C(OH)–C–C–N with tert-alkyl or cyclic N) is 1. The van der Waals surface area contributed by atoms with Crippen molar-refractivity contribution >= 4 is 19.7 Å². The summed E-state index contributed by atoms with van der Waals surface area (Å²) in [5.41, 5.74) is 0.538. The van der Waals surface area contributed by atoms with Gasteiger partial charge in [0.1, 0.15) is 17.8 Å². The van der Waals surface area contributed by atoms with Crippen LogP contribution in [0.1, 0.15) is 12.0 Å². The first-order chi connectivity index (χ1) is 12.0. The number of benzene rings is 1. The van der Waals surface area contributed by atoms with Crippen molar-refractivity contribution in [2.24, 2.45) is 0 Å². The monoisotopic (exact) mass is 392 g/mol. The van der Waals surface area contributed by atoms with Gasteiger partial charge in [0.15, 0.2) is 0 Å². The van der Waals surface area contributed by atoms with Crippen LogP contribution in [-0.2, 0) is 20.6 Å². The van der Waals surface area contributed by atoms with Crippen molar-refractivity contribution in [3.05, 3.63) is 29.8 Å². The zero-order valence-electron chi connectivity index (χ0n) is 13.5. The quantitative estimate of drug-likeness (QED) is 0.273. The predicted octanol–water partition coefficient (Wildman–Crippen LogP) is -1.14. The summed E-state index contributed by atoms with van der Waals surface area (Å²) in [4.78, 5) is 38.3. The number of phenolic OH excluding ortho intramolecular Hbond substituents is 1. The number of carbonyl (C=O) groups is 2. The smallest absolute Gasteiger partial charge is 0.401 e. The minimum Gasteiger partial charge on any atom is -0.508 e. The predicted molar refractivity (Wildman–Crippen MR) is 88.5 cm³/mol. The molecular formula is C14H21N2O9P. The molecule has 0 unspecified atom stereocenters. The molecule has 1 aliphatic rings. The Bertz CT molecular complexity index is 661. The number of aliphatic carboxylic acids is 2. The van der Waals surface area contributed by atoms with Gasteiger partial charge >= 0.3 is 19.7 Å². The van der Waals surface area contributed by atoms with E-state index in [2.05, 4.69) is 5.32 Å². The molecule has 1 heterocycles. The standard InChI is InChI=1S/C9H12NO6P.C5H9NO3/c11-7-3-1-6(2-4-7)5-8(9(12)13)10-17(14,15)16;7-3-1-4(5(8)9)6-2-3/h1-4,8,11H,5H2,(H,12,13)(H3,10,14,15,16);3-4,6-7H,1-2H2,(H,8,9)/t8-;3-,4+/m01/s1. The van der Waals surface area contributed by atoms with Crippen molar-refractivity contribution in [2.45, 2.75) is 31.0 Å². The number of phenols is 1. The van der Waals surface area contributed by atoms with Gasteiger partial charge in [0, 0.05) is 13.0 Å². The van der Waals surface area contributed by atoms with E-state index >= 15 is 0 Å². The number of aliphatic hydroxyl groups is 1. The first kappa shape index (κ1) is 22.0. The van der Waals surface area contributed by atoms with Crippen LogP contribution in [0, 0.1) is 0 Å². The van der Waals surface area contributed by atoms with Gasteiger partial charge in [0.05, 0.1) is 6.10 Å². The zero-order valence-corrected chi connectivity index (χ0v) is 14.4. The SMILES string of the molecule is O=C(O)[C@@H]1C[C@@H](O)CN1.O=C(O)[C@H](Cc1ccc(O)cc1)NP(=O)(O)O. The van der Waals surface area contributed by atoms with E-state index in [1.165, 1.54) is 24.3 Å². The molecule has 12 heteroatoms. The highest BCUT2D eigenvalue weighted by atomic mass is 31.2. The second kappa shape index (κ2) is 9.62. The van der Waals surface area contributed by atoms with Gasteiger partial charge in [-0.05, 0) is 24.1 Å². The molecule has 26 heavy (non-hydrogen) atoms. The molecule has 11 nitrogen and oxygen atoms in total. The van der Waals surface area contributed by atoms with Crippen molar-refractivity contribution in [1.29, 1.82) is 0 Å². The average Bonchev–Trinajstić information content (AvgIpc) is 2.95. The summed E-state index contributed by atoms with van der Waals surface area (Å²) in [6, 6.07) is 3.76. The van der Waals surface area contributed by atoms with E-state index in [1.807, 2.05) is 0 Å². The third kappa shape index (κ3) is 8.39. The second-order valence-corrected chi connectivity index (χ2v) is 6.97. The summed E-state index contributed by atoms with van der Waals surface area (Å²) >= 11 is 0. The fraction of sp³-hybridized carbons (Fsp3) is 0.429. The Morgan fingerprint density at radius 1 is 1.23 bits per heavy atom. The summed E-state index contributed by atoms with van der Waals surface area (Å²) in [5, 5.41) is 39.4. The van der Waals surface area contributed by atoms with E-state index in [1.54, 1.807) is 5.09 Å². The molecule has 146 valence electrons. The summed E-state index contributed by atoms with van der Waals surface area (Å²) in [6.45, 7) is 0.400. The molecule has 3 atom stereocenters. The first-order valence-corrected chi connectivity index (χ1v) is 9.07. The summed E-state index contributed by atoms with van der Waals surface area (Å²) in [5.74, 6) is -2.21. The lowest BCUT2D eigenvalue weighted by molar-refractivity contribution is -0.140. The zero-order chi connectivity index (χ0) is 19.9. The van der Waals surface area contributed by atoms with E-state index < -0.39 is 37.9 Å². The number of carboxylic acids is 2. The first-order valence-electron chi connectivity index (χ1n) is 7.46. The molecule has 0 spiro atoms. The number of carboxylic acid groups (broad SMARTS) is 2. The fourth-order valence-electron chi connectivity index (χ4n) is 2.16. The molecule has 1 aliphatic heterocycles. The van der Waals surface area contributed by atoms with E-state index in [0.717, 1.165) is 0 Å². The van der Waals surface area contributed by atoms with Gasteiger partial charge in [-0.2, -0.15) is 0 Å². The van der Waals surface area contributed by atoms with Crippen LogP contribution in [0.3, 0.4) is 0 Å². The maximum atomic E-state index is 10.8. The van der Waals surface area contributed by atoms with Crippen LogP contribution >= 0.6 is 7.75 Å². The van der Waals surface area contributed by atoms with Crippen molar-refractivity contribution in [3.63, 3.8) is 0 Å². The summed E-state index contributed by atoms with van der Waals surface area (Å²) in [7, 11) is -4.60. The number of hydrogen-bond donors (Lipinski definition) is 8. The lowest BCUT2D eigenvalue weighted by Gasteiger charge is -2.15. The van der Waals surface area contributed by atoms with Gasteiger partial charge in [0.2, 0.25) is 0 Å². The Morgan fingerprint density at radius 2 is 1.81 bits per heavy atom. The largest absolute Gasteiger partial charge is 0.508 e. The summed E-state index contributed by atoms with van der Waals surface area (Å²) in [6.07, 6.45) is -0.248. The number of nitrogens with one attached hydrogen (secondary N) is 2. The second-order valence-electron chi connectivity index (χ2n) is 5.62. The van der Waals surface area contributed by atoms with Crippen molar-refractivity contribution in [1.82, 2.24) is 10.4 Å². The van der Waals surface area contributed by atoms with Gasteiger partial charge in [-0.1, -0.05) is 12.1 Å². The minimum absolute atomic E-state index is 0.0311. The normalized spacial score (nSPS) is 20.7. The van der Waals surface area contributed by atoms with E-state index in [9.17, 15) is 14.2 Å². The molecule has 1 fully saturated rings. The van der Waals surface area contributed by atoms with Crippen LogP contribution in [0.25, 0.3) is 0 Å². The van der Waals surface area contributed by atoms with Crippen LogP contribution in [-0.4, -0.2) is 66.9 Å². The Morgan fingerprint density at radius 3 is 2.15 bits per heavy atom. The van der Waals surface area contributed by atoms with Gasteiger partial charge < -0.3 is 35.5 Å². The minimum atomic E-state index is -4.60. The third-order valence-corrected chi connectivity index (χ3v) is 4.05. The number of rotatable bonds is 6. The Labute approximate surface area is 148 Å². The van der Waals surface area contributed by atoms with Crippen molar-refractivity contribution < 1.29 is 44.4 Å². The molecule has 0 radical (unpaired) electrons. The third-order valence-electron chi connectivity index (χ3n) is 3.40. The van der Waals surface area contributed by atoms with Crippen molar-refractivity contribution in [3.8, 4) is 5.75 Å². The molecule has 0 saturated carbocycles. The molecule has 0 aromatic heterocycles. The highest BCUT2D eigenvalue weighted by Crippen LogP contribution is 2.29. The molecule has 0 aliphatic carbocycles. The summed E-state index contributed by atoms with van der Waals surface area (Å²) < 4.78 is 10.7. The average molecular weight is 392 g/mol. The van der Waals surface area contributed by atoms with Crippen LogP contribution in [0.2, 0.25) is 0 Å². The van der Waals surface area contributed by atoms with Gasteiger partial charge in [-0.15, -0.1) is 0 Å². The molecule has 0 bridgehead atoms. The molecular weight excluding hydrogens is 371 g/mol. The number of aromatic hydroxyl groups is 1. The molecule has 8 N–H and O–H groups in total. The molecule has 1 saturated heterocycles. The Kier molecular flexibility index (Phi) is 8.15. The number of hydrogen-bond acceptors (Lipinski definition) is 6. The fourth-order valence-corrected chi connectivity index (χ4v) is 2.77. The molecule has 2 rings (SSSR count). The van der Waals surface area contributed by atoms with Crippen molar-refractivity contribution in [2.75, 3.05) is 6.54 Å². The van der Waals surface area contributed by atoms with Gasteiger partial charge in [-0.25, -0.2) is 9.65 Å². The number of aliphatic hydroxyl groups excluding tert-OH is 1. The van der Waals surface area contributed by atoms with Crippen LogP contribution < -0.4 is 10.4 Å². The lowest BCUT2D eigenvalue weighted by Crippen LogP contribution is -2.36. The van der Waals surface area contributed by atoms with E-state index in [-0.39, 0.29) is 12.2 Å². The maximum Gasteiger partial charge on any atom is 0.401 e. The molecule has 1 aromatic rings. The van der Waals surface area contributed by atoms with Gasteiger partial charge in [0.25, 0.3) is 0 Å². The van der Waals surface area contributed by atoms with Gasteiger partial charge in [-0.3, -0.25) is 9.59 Å². The maximum absolute atomic E-state index is 10.8. The Hall–Kier alpha value is -2.01. The highest BCUT2D eigenvalue weighted by Gasteiger charge is 2.27. The topological polar surface area (TPSA) is 197 Å². The lowest BCUT2D eigenvalue weighted by atomic mass is 10.1. The van der Waals surface area contributed by atoms with E-state index in [4.69, 9.17) is 30.2 Å². The Balaban J connectivity index is 0.000000314. The van der Waals surface area contributed by atoms with Crippen LogP contribution in [0.4, 0.5) is 0 Å².